The van der Waals surface area contributed by atoms with Gasteiger partial charge in [-0.25, -0.2) is 9.97 Å². The minimum Gasteiger partial charge on any atom is -0.483 e. The van der Waals surface area contributed by atoms with Crippen LogP contribution in [0.4, 0.5) is 5.82 Å². The van der Waals surface area contributed by atoms with Gasteiger partial charge >= 0.3 is 0 Å². The molecule has 0 N–H and O–H groups in total. The number of nitriles is 1. The molecule has 18 heavy (non-hydrogen) atoms. The Hall–Kier alpha value is -2.42. The lowest BCUT2D eigenvalue weighted by atomic mass is 10.2. The van der Waals surface area contributed by atoms with Crippen LogP contribution in [0.25, 0.3) is 11.2 Å². The van der Waals surface area contributed by atoms with Gasteiger partial charge < -0.3 is 9.30 Å². The molecule has 0 bridgehead atoms. The number of fused-ring (bicyclic) bond motifs is 1. The number of pyridine rings is 1. The highest BCUT2D eigenvalue weighted by atomic mass is 16.5. The normalized spacial score (nSPS) is 11.0. The quantitative estimate of drug-likeness (QED) is 0.609. The van der Waals surface area contributed by atoms with Crippen molar-refractivity contribution < 1.29 is 4.74 Å². The van der Waals surface area contributed by atoms with Gasteiger partial charge in [0.05, 0.1) is 12.2 Å². The van der Waals surface area contributed by atoms with Gasteiger partial charge in [0.25, 0.3) is 0 Å². The van der Waals surface area contributed by atoms with Crippen LogP contribution in [0.1, 0.15) is 18.3 Å². The molecule has 0 aliphatic carbocycles. The summed E-state index contributed by atoms with van der Waals surface area (Å²) < 4.78 is 6.88. The van der Waals surface area contributed by atoms with Crippen molar-refractivity contribution in [2.24, 2.45) is 12.0 Å². The molecule has 6 heteroatoms. The average molecular weight is 243 g/mol. The molecule has 0 aliphatic heterocycles. The van der Waals surface area contributed by atoms with Crippen LogP contribution in [0.5, 0.6) is 0 Å². The summed E-state index contributed by atoms with van der Waals surface area (Å²) in [5.41, 5.74) is 1.79. The second kappa shape index (κ2) is 4.84. The van der Waals surface area contributed by atoms with Gasteiger partial charge in [-0.1, -0.05) is 0 Å². The molecule has 2 heterocycles. The van der Waals surface area contributed by atoms with E-state index in [1.54, 1.807) is 6.07 Å². The predicted octanol–water partition coefficient (Wildman–Crippen LogP) is 1.84. The zero-order valence-electron chi connectivity index (χ0n) is 10.5. The maximum atomic E-state index is 9.07. The van der Waals surface area contributed by atoms with E-state index in [-0.39, 0.29) is 0 Å². The van der Waals surface area contributed by atoms with Gasteiger partial charge in [-0.2, -0.15) is 10.3 Å². The number of aromatic nitrogens is 3. The molecular formula is C12H13N5O. The molecule has 0 atom stereocenters. The van der Waals surface area contributed by atoms with Gasteiger partial charge in [0, 0.05) is 7.05 Å². The number of rotatable bonds is 3. The fraction of sp³-hybridized carbons (Fsp3) is 0.333. The first kappa shape index (κ1) is 12.0. The zero-order chi connectivity index (χ0) is 13.1. The Balaban J connectivity index is 2.58. The van der Waals surface area contributed by atoms with Crippen LogP contribution < -0.4 is 0 Å². The number of nitrogens with zero attached hydrogens (tertiary/aromatic N) is 5. The van der Waals surface area contributed by atoms with Crippen LogP contribution >= 0.6 is 0 Å². The maximum Gasteiger partial charge on any atom is 0.176 e. The number of ether oxygens (including phenoxy) is 1. The molecule has 0 radical (unpaired) electrons. The summed E-state index contributed by atoms with van der Waals surface area (Å²) in [4.78, 5) is 12.7. The predicted molar refractivity (Wildman–Crippen MR) is 67.7 cm³/mol. The van der Waals surface area contributed by atoms with E-state index in [0.717, 1.165) is 5.82 Å². The molecule has 0 spiro atoms. The fourth-order valence-corrected chi connectivity index (χ4v) is 1.56. The summed E-state index contributed by atoms with van der Waals surface area (Å²) in [6.07, 6.45) is 1.30. The van der Waals surface area contributed by atoms with Crippen molar-refractivity contribution in [2.45, 2.75) is 13.8 Å². The van der Waals surface area contributed by atoms with E-state index in [0.29, 0.717) is 29.2 Å². The van der Waals surface area contributed by atoms with Crippen LogP contribution in [0, 0.1) is 18.3 Å². The summed E-state index contributed by atoms with van der Waals surface area (Å²) >= 11 is 0. The van der Waals surface area contributed by atoms with Crippen molar-refractivity contribution >= 4 is 23.4 Å². The average Bonchev–Trinajstić information content (AvgIpc) is 2.64. The lowest BCUT2D eigenvalue weighted by Crippen LogP contribution is -1.94. The van der Waals surface area contributed by atoms with E-state index in [9.17, 15) is 0 Å². The van der Waals surface area contributed by atoms with Gasteiger partial charge in [-0.3, -0.25) is 0 Å². The third-order valence-corrected chi connectivity index (χ3v) is 2.58. The van der Waals surface area contributed by atoms with Gasteiger partial charge in [-0.15, -0.1) is 0 Å². The molecule has 2 aromatic heterocycles. The minimum absolute atomic E-state index is 0.349. The summed E-state index contributed by atoms with van der Waals surface area (Å²) in [7, 11) is 1.87. The number of hydrogen-bond acceptors (Lipinski definition) is 5. The number of aryl methyl sites for hydroxylation is 2. The van der Waals surface area contributed by atoms with Crippen LogP contribution in [0.2, 0.25) is 0 Å². The van der Waals surface area contributed by atoms with Crippen molar-refractivity contribution in [3.8, 4) is 6.07 Å². The molecule has 0 saturated carbocycles. The molecular weight excluding hydrogens is 230 g/mol. The third kappa shape index (κ3) is 2.02. The van der Waals surface area contributed by atoms with E-state index in [1.165, 1.54) is 6.40 Å². The second-order valence-corrected chi connectivity index (χ2v) is 3.72. The third-order valence-electron chi connectivity index (χ3n) is 2.58. The van der Waals surface area contributed by atoms with Crippen molar-refractivity contribution in [1.82, 2.24) is 14.5 Å². The van der Waals surface area contributed by atoms with Crippen molar-refractivity contribution in [2.75, 3.05) is 6.61 Å². The van der Waals surface area contributed by atoms with Gasteiger partial charge in [0.15, 0.2) is 17.9 Å². The molecule has 0 unspecified atom stereocenters. The summed E-state index contributed by atoms with van der Waals surface area (Å²) in [6.45, 7) is 4.27. The first-order valence-electron chi connectivity index (χ1n) is 5.55. The van der Waals surface area contributed by atoms with E-state index in [2.05, 4.69) is 21.0 Å². The van der Waals surface area contributed by atoms with Gasteiger partial charge in [0.2, 0.25) is 0 Å². The highest BCUT2D eigenvalue weighted by molar-refractivity contribution is 5.77. The molecule has 6 nitrogen and oxygen atoms in total. The van der Waals surface area contributed by atoms with E-state index < -0.39 is 0 Å². The Bertz CT molecular complexity index is 651. The number of hydrogen-bond donors (Lipinski definition) is 0. The fourth-order valence-electron chi connectivity index (χ4n) is 1.56. The molecule has 2 aromatic rings. The van der Waals surface area contributed by atoms with Crippen LogP contribution in [-0.4, -0.2) is 27.5 Å². The summed E-state index contributed by atoms with van der Waals surface area (Å²) in [5, 5.41) is 9.07. The first-order valence-corrected chi connectivity index (χ1v) is 5.55. The van der Waals surface area contributed by atoms with Crippen LogP contribution in [0.3, 0.4) is 0 Å². The maximum absolute atomic E-state index is 9.07. The SMILES string of the molecule is CCOC=Nc1nc2c(cc1C#N)nc(C)n2C. The van der Waals surface area contributed by atoms with Crippen molar-refractivity contribution in [3.05, 3.63) is 17.5 Å². The number of aliphatic imine (C=N–C) groups is 1. The molecule has 0 saturated heterocycles. The van der Waals surface area contributed by atoms with Crippen LogP contribution in [-0.2, 0) is 11.8 Å². The first-order chi connectivity index (χ1) is 8.67. The monoisotopic (exact) mass is 243 g/mol. The van der Waals surface area contributed by atoms with Gasteiger partial charge in [0.1, 0.15) is 17.4 Å². The standard InChI is InChI=1S/C12H13N5O/c1-4-18-7-14-11-9(6-13)5-10-12(16-11)17(3)8(2)15-10/h5,7H,4H2,1-3H3. The largest absolute Gasteiger partial charge is 0.483 e. The smallest absolute Gasteiger partial charge is 0.176 e. The molecule has 0 amide bonds. The Morgan fingerprint density at radius 2 is 2.33 bits per heavy atom. The Labute approximate surface area is 105 Å². The minimum atomic E-state index is 0.349. The van der Waals surface area contributed by atoms with Crippen molar-refractivity contribution in [1.29, 1.82) is 5.26 Å². The summed E-state index contributed by atoms with van der Waals surface area (Å²) in [5.74, 6) is 1.19. The Morgan fingerprint density at radius 1 is 1.56 bits per heavy atom. The van der Waals surface area contributed by atoms with E-state index in [1.807, 2.05) is 25.5 Å². The summed E-state index contributed by atoms with van der Waals surface area (Å²) in [6, 6.07) is 3.75. The van der Waals surface area contributed by atoms with Gasteiger partial charge in [-0.05, 0) is 19.9 Å². The van der Waals surface area contributed by atoms with Crippen LogP contribution in [0.15, 0.2) is 11.1 Å². The molecule has 92 valence electrons. The lowest BCUT2D eigenvalue weighted by molar-refractivity contribution is 0.344. The Morgan fingerprint density at radius 3 is 3.00 bits per heavy atom. The molecule has 0 aliphatic rings. The zero-order valence-corrected chi connectivity index (χ0v) is 10.5. The molecule has 0 fully saturated rings. The molecule has 2 rings (SSSR count). The second-order valence-electron chi connectivity index (χ2n) is 3.72. The topological polar surface area (TPSA) is 76.1 Å². The Kier molecular flexibility index (Phi) is 3.24. The van der Waals surface area contributed by atoms with Crippen molar-refractivity contribution in [3.63, 3.8) is 0 Å². The van der Waals surface area contributed by atoms with E-state index in [4.69, 9.17) is 10.00 Å². The highest BCUT2D eigenvalue weighted by Gasteiger charge is 2.11. The number of imidazole rings is 1. The lowest BCUT2D eigenvalue weighted by Gasteiger charge is -1.99. The highest BCUT2D eigenvalue weighted by Crippen LogP contribution is 2.21. The van der Waals surface area contributed by atoms with E-state index >= 15 is 0 Å². The molecule has 0 aromatic carbocycles.